The Balaban J connectivity index is 1.85. The molecule has 0 saturated heterocycles. The van der Waals surface area contributed by atoms with Gasteiger partial charge < -0.3 is 14.3 Å². The molecule has 2 aromatic heterocycles. The number of benzene rings is 1. The number of hydrogen-bond acceptors (Lipinski definition) is 7. The highest BCUT2D eigenvalue weighted by Crippen LogP contribution is 2.41. The lowest BCUT2D eigenvalue weighted by molar-refractivity contribution is -0.0961. The highest BCUT2D eigenvalue weighted by Gasteiger charge is 2.42. The van der Waals surface area contributed by atoms with Crippen LogP contribution < -0.4 is 0 Å². The second kappa shape index (κ2) is 6.67. The summed E-state index contributed by atoms with van der Waals surface area (Å²) in [5, 5.41) is 14.9. The Morgan fingerprint density at radius 2 is 2.12 bits per heavy atom. The van der Waals surface area contributed by atoms with Crippen molar-refractivity contribution in [3.63, 3.8) is 0 Å². The first kappa shape index (κ1) is 16.4. The molecule has 4 rings (SSSR count). The number of aromatic amines is 1. The fourth-order valence-corrected chi connectivity index (χ4v) is 3.34. The van der Waals surface area contributed by atoms with Gasteiger partial charge in [-0.1, -0.05) is 12.1 Å². The number of ether oxygens (including phenoxy) is 2. The fraction of sp³-hybridized carbons (Fsp3) is 0.353. The number of aliphatic imine (C=N–C) groups is 1. The number of fused-ring (bicyclic) bond motifs is 2. The van der Waals surface area contributed by atoms with Crippen molar-refractivity contribution in [3.8, 4) is 0 Å². The van der Waals surface area contributed by atoms with Crippen LogP contribution in [0.15, 0.2) is 34.0 Å². The van der Waals surface area contributed by atoms with Crippen LogP contribution in [0.2, 0.25) is 0 Å². The summed E-state index contributed by atoms with van der Waals surface area (Å²) in [5.74, 6) is 0.336. The number of hydrogen-bond donors (Lipinski definition) is 1. The van der Waals surface area contributed by atoms with Gasteiger partial charge in [-0.05, 0) is 21.9 Å². The Morgan fingerprint density at radius 3 is 2.88 bits per heavy atom. The molecule has 0 fully saturated rings. The maximum atomic E-state index is 7.80. The van der Waals surface area contributed by atoms with Crippen LogP contribution >= 0.6 is 0 Å². The van der Waals surface area contributed by atoms with Crippen LogP contribution in [0.25, 0.3) is 15.9 Å². The van der Waals surface area contributed by atoms with Crippen LogP contribution in [-0.4, -0.2) is 52.8 Å². The van der Waals surface area contributed by atoms with Gasteiger partial charge in [0.25, 0.3) is 6.04 Å². The third kappa shape index (κ3) is 2.56. The van der Waals surface area contributed by atoms with Crippen molar-refractivity contribution < 1.29 is 14.1 Å². The largest absolute Gasteiger partial charge is 0.356 e. The first-order valence-corrected chi connectivity index (χ1v) is 8.00. The van der Waals surface area contributed by atoms with Crippen molar-refractivity contribution in [2.24, 2.45) is 4.99 Å². The molecule has 0 amide bonds. The van der Waals surface area contributed by atoms with Gasteiger partial charge >= 0.3 is 0 Å². The average molecular weight is 352 g/mol. The lowest BCUT2D eigenvalue weighted by Crippen LogP contribution is -2.32. The van der Waals surface area contributed by atoms with Gasteiger partial charge in [0, 0.05) is 26.2 Å². The minimum Gasteiger partial charge on any atom is -0.356 e. The molecule has 9 nitrogen and oxygen atoms in total. The molecule has 0 bridgehead atoms. The molecule has 26 heavy (non-hydrogen) atoms. The normalized spacial score (nSPS) is 19.4. The van der Waals surface area contributed by atoms with Gasteiger partial charge in [0.15, 0.2) is 12.1 Å². The van der Waals surface area contributed by atoms with Crippen molar-refractivity contribution in [1.29, 1.82) is 0 Å². The molecule has 1 aliphatic heterocycles. The molecular formula is C17H16N6O3. The zero-order valence-corrected chi connectivity index (χ0v) is 14.2. The lowest BCUT2D eigenvalue weighted by atomic mass is 9.81. The van der Waals surface area contributed by atoms with E-state index in [1.54, 1.807) is 20.4 Å². The molecule has 3 heterocycles. The van der Waals surface area contributed by atoms with E-state index in [2.05, 4.69) is 30.3 Å². The van der Waals surface area contributed by atoms with Crippen LogP contribution in [0.4, 0.5) is 5.82 Å². The van der Waals surface area contributed by atoms with E-state index in [0.29, 0.717) is 29.0 Å². The predicted molar refractivity (Wildman–Crippen MR) is 92.1 cm³/mol. The Morgan fingerprint density at radius 1 is 1.27 bits per heavy atom. The number of aromatic nitrogens is 4. The van der Waals surface area contributed by atoms with Crippen LogP contribution in [0.1, 0.15) is 23.5 Å². The van der Waals surface area contributed by atoms with Crippen LogP contribution in [0.5, 0.6) is 0 Å². The molecule has 0 radical (unpaired) electrons. The maximum Gasteiger partial charge on any atom is 0.272 e. The van der Waals surface area contributed by atoms with Gasteiger partial charge in [-0.15, -0.1) is 0 Å². The molecule has 3 aromatic rings. The molecule has 2 unspecified atom stereocenters. The van der Waals surface area contributed by atoms with Gasteiger partial charge in [-0.25, -0.2) is 16.2 Å². The molecule has 9 heteroatoms. The third-order valence-corrected chi connectivity index (χ3v) is 4.59. The predicted octanol–water partition coefficient (Wildman–Crippen LogP) is 2.46. The molecule has 132 valence electrons. The van der Waals surface area contributed by atoms with E-state index >= 15 is 0 Å². The maximum absolute atomic E-state index is 7.80. The van der Waals surface area contributed by atoms with Gasteiger partial charge in [-0.3, -0.25) is 5.10 Å². The molecule has 1 aliphatic rings. The number of rotatable bonds is 5. The van der Waals surface area contributed by atoms with E-state index in [1.807, 2.05) is 18.2 Å². The topological polar surface area (TPSA) is 103 Å². The van der Waals surface area contributed by atoms with E-state index < -0.39 is 12.3 Å². The summed E-state index contributed by atoms with van der Waals surface area (Å²) < 4.78 is 15.5. The van der Waals surface area contributed by atoms with E-state index in [9.17, 15) is 0 Å². The standard InChI is InChI=1S/C17H16N6O3/c1-18-16-12(7-13(24-2)25-3)20-17-10(8-19-21-17)14(16)9-5-4-6-11-15(9)23-26-22-11/h4-6,8,13-14,16H,7H2,2-3H3,(H,19,21). The smallest absolute Gasteiger partial charge is 0.272 e. The Labute approximate surface area is 148 Å². The average Bonchev–Trinajstić information content (AvgIpc) is 3.33. The summed E-state index contributed by atoms with van der Waals surface area (Å²) >= 11 is 0. The molecular weight excluding hydrogens is 336 g/mol. The number of nitrogens with one attached hydrogen (secondary N) is 1. The lowest BCUT2D eigenvalue weighted by Gasteiger charge is -2.25. The molecule has 1 aromatic carbocycles. The summed E-state index contributed by atoms with van der Waals surface area (Å²) in [5.41, 5.74) is 3.65. The van der Waals surface area contributed by atoms with E-state index in [0.717, 1.165) is 11.1 Å². The van der Waals surface area contributed by atoms with E-state index in [-0.39, 0.29) is 5.92 Å². The Hall–Kier alpha value is -3.09. The van der Waals surface area contributed by atoms with Crippen molar-refractivity contribution in [3.05, 3.63) is 46.9 Å². The number of nitrogens with zero attached hydrogens (tertiary/aromatic N) is 5. The highest BCUT2D eigenvalue weighted by atomic mass is 16.7. The Kier molecular flexibility index (Phi) is 4.20. The van der Waals surface area contributed by atoms with Gasteiger partial charge in [0.2, 0.25) is 0 Å². The van der Waals surface area contributed by atoms with Crippen molar-refractivity contribution in [2.75, 3.05) is 14.2 Å². The van der Waals surface area contributed by atoms with Crippen LogP contribution in [0.3, 0.4) is 0 Å². The zero-order valence-electron chi connectivity index (χ0n) is 14.2. The van der Waals surface area contributed by atoms with Crippen LogP contribution in [-0.2, 0) is 9.47 Å². The molecule has 0 aliphatic carbocycles. The SMILES string of the molecule is [C-]#[N+]C1C(CC(OC)OC)=Nc2[nH]ncc2C1c1cccc2nonc12. The van der Waals surface area contributed by atoms with E-state index in [4.69, 9.17) is 20.7 Å². The van der Waals surface area contributed by atoms with Gasteiger partial charge in [0.1, 0.15) is 16.7 Å². The summed E-state index contributed by atoms with van der Waals surface area (Å²) in [6.07, 6.45) is 1.60. The van der Waals surface area contributed by atoms with Crippen molar-refractivity contribution in [2.45, 2.75) is 24.7 Å². The third-order valence-electron chi connectivity index (χ3n) is 4.59. The summed E-state index contributed by atoms with van der Waals surface area (Å²) in [7, 11) is 3.12. The second-order valence-corrected chi connectivity index (χ2v) is 5.91. The van der Waals surface area contributed by atoms with Crippen molar-refractivity contribution in [1.82, 2.24) is 20.5 Å². The van der Waals surface area contributed by atoms with Crippen LogP contribution in [0, 0.1) is 6.57 Å². The van der Waals surface area contributed by atoms with Crippen molar-refractivity contribution >= 4 is 22.6 Å². The molecule has 0 saturated carbocycles. The number of methoxy groups -OCH3 is 2. The molecule has 2 atom stereocenters. The minimum absolute atomic E-state index is 0.293. The molecule has 1 N–H and O–H groups in total. The zero-order chi connectivity index (χ0) is 18.1. The summed E-state index contributed by atoms with van der Waals surface area (Å²) in [4.78, 5) is 8.47. The minimum atomic E-state index is -0.532. The van der Waals surface area contributed by atoms with Gasteiger partial charge in [-0.2, -0.15) is 5.10 Å². The molecule has 0 spiro atoms. The fourth-order valence-electron chi connectivity index (χ4n) is 3.34. The number of H-pyrrole nitrogens is 1. The van der Waals surface area contributed by atoms with E-state index in [1.165, 1.54) is 0 Å². The van der Waals surface area contributed by atoms with Gasteiger partial charge in [0.05, 0.1) is 12.1 Å². The highest BCUT2D eigenvalue weighted by molar-refractivity contribution is 5.97. The summed E-state index contributed by atoms with van der Waals surface area (Å²) in [6, 6.07) is 5.10. The Bertz CT molecular complexity index is 997. The quantitative estimate of drug-likeness (QED) is 0.559. The summed E-state index contributed by atoms with van der Waals surface area (Å²) in [6.45, 7) is 7.80. The monoisotopic (exact) mass is 352 g/mol. The first-order chi connectivity index (χ1) is 12.8. The second-order valence-electron chi connectivity index (χ2n) is 5.91. The first-order valence-electron chi connectivity index (χ1n) is 8.00.